The van der Waals surface area contributed by atoms with Gasteiger partial charge in [-0.25, -0.2) is 0 Å². The van der Waals surface area contributed by atoms with E-state index in [0.29, 0.717) is 23.7 Å². The molecule has 2 fully saturated rings. The van der Waals surface area contributed by atoms with E-state index in [4.69, 9.17) is 20.8 Å². The summed E-state index contributed by atoms with van der Waals surface area (Å²) >= 11 is 5.87. The fourth-order valence-electron chi connectivity index (χ4n) is 3.90. The van der Waals surface area contributed by atoms with Crippen molar-refractivity contribution in [2.24, 2.45) is 0 Å². The van der Waals surface area contributed by atoms with E-state index in [1.807, 2.05) is 0 Å². The summed E-state index contributed by atoms with van der Waals surface area (Å²) < 4.78 is 11.0. The minimum absolute atomic E-state index is 0.0285. The average molecular weight is 418 g/mol. The monoisotopic (exact) mass is 417 g/mol. The quantitative estimate of drug-likeness (QED) is 0.742. The van der Waals surface area contributed by atoms with Gasteiger partial charge >= 0.3 is 0 Å². The average Bonchev–Trinajstić information content (AvgIpc) is 3.37. The molecule has 3 heterocycles. The Morgan fingerprint density at radius 3 is 2.34 bits per heavy atom. The molecule has 0 unspecified atom stereocenters. The summed E-state index contributed by atoms with van der Waals surface area (Å²) in [6.45, 7) is 0.451. The number of rotatable bonds is 3. The van der Waals surface area contributed by atoms with E-state index in [1.54, 1.807) is 35.2 Å². The van der Waals surface area contributed by atoms with Crippen LogP contribution in [0.15, 0.2) is 47.1 Å². The van der Waals surface area contributed by atoms with Crippen LogP contribution in [0.4, 0.5) is 0 Å². The number of carbonyl (C=O) groups is 3. The van der Waals surface area contributed by atoms with Gasteiger partial charge in [-0.3, -0.25) is 14.5 Å². The normalized spacial score (nSPS) is 20.8. The van der Waals surface area contributed by atoms with Crippen LogP contribution in [0, 0.1) is 0 Å². The third-order valence-corrected chi connectivity index (χ3v) is 5.66. The Bertz CT molecular complexity index is 919. The number of piperidine rings is 1. The fraction of sp³-hybridized carbons (Fsp3) is 0.350. The van der Waals surface area contributed by atoms with Crippen LogP contribution in [0.1, 0.15) is 33.8 Å². The lowest BCUT2D eigenvalue weighted by Gasteiger charge is -2.44. The lowest BCUT2D eigenvalue weighted by Crippen LogP contribution is -2.60. The minimum atomic E-state index is -1.39. The van der Waals surface area contributed by atoms with Gasteiger partial charge in [-0.15, -0.1) is 0 Å². The summed E-state index contributed by atoms with van der Waals surface area (Å²) in [4.78, 5) is 40.1. The summed E-state index contributed by atoms with van der Waals surface area (Å²) in [6, 6.07) is 8.41. The van der Waals surface area contributed by atoms with Crippen LogP contribution in [-0.4, -0.2) is 59.0 Å². The summed E-state index contributed by atoms with van der Waals surface area (Å²) in [5.41, 5.74) is -0.611. The molecule has 0 aliphatic carbocycles. The number of ether oxygens (including phenoxy) is 1. The molecule has 152 valence electrons. The van der Waals surface area contributed by atoms with Gasteiger partial charge in [-0.2, -0.15) is 0 Å². The first-order valence-corrected chi connectivity index (χ1v) is 9.56. The molecule has 0 radical (unpaired) electrons. The number of nitrogens with zero attached hydrogens (tertiary/aromatic N) is 2. The molecule has 9 heteroatoms. The second kappa shape index (κ2) is 7.53. The van der Waals surface area contributed by atoms with Crippen molar-refractivity contribution >= 4 is 29.4 Å². The molecular weight excluding hydrogens is 400 g/mol. The van der Waals surface area contributed by atoms with Crippen molar-refractivity contribution in [2.45, 2.75) is 24.6 Å². The van der Waals surface area contributed by atoms with Crippen molar-refractivity contribution in [1.29, 1.82) is 0 Å². The molecule has 0 N–H and O–H groups in total. The van der Waals surface area contributed by atoms with Crippen LogP contribution >= 0.6 is 11.6 Å². The number of carboxylic acid groups (broad SMARTS) is 1. The molecule has 1 atom stereocenters. The number of amides is 2. The van der Waals surface area contributed by atoms with Crippen LogP contribution in [0.5, 0.6) is 0 Å². The van der Waals surface area contributed by atoms with Crippen molar-refractivity contribution in [1.82, 2.24) is 9.80 Å². The summed E-state index contributed by atoms with van der Waals surface area (Å²) in [5.74, 6) is -2.09. The van der Waals surface area contributed by atoms with Crippen LogP contribution < -0.4 is 5.11 Å². The summed E-state index contributed by atoms with van der Waals surface area (Å²) in [6.07, 6.45) is 1.91. The number of halogens is 1. The Morgan fingerprint density at radius 1 is 1.07 bits per heavy atom. The largest absolute Gasteiger partial charge is 0.548 e. The highest BCUT2D eigenvalue weighted by Crippen LogP contribution is 2.38. The molecule has 2 aliphatic heterocycles. The molecule has 0 saturated carbocycles. The van der Waals surface area contributed by atoms with Crippen LogP contribution in [0.2, 0.25) is 5.02 Å². The van der Waals surface area contributed by atoms with Crippen molar-refractivity contribution in [3.8, 4) is 0 Å². The molecule has 2 aromatic rings. The van der Waals surface area contributed by atoms with E-state index in [0.717, 1.165) is 0 Å². The zero-order valence-electron chi connectivity index (χ0n) is 15.4. The number of hydrogen-bond acceptors (Lipinski definition) is 6. The fourth-order valence-corrected chi connectivity index (χ4v) is 4.03. The molecule has 1 spiro atoms. The Hall–Kier alpha value is -2.84. The van der Waals surface area contributed by atoms with E-state index in [-0.39, 0.29) is 31.1 Å². The Labute approximate surface area is 171 Å². The van der Waals surface area contributed by atoms with Gasteiger partial charge in [0.1, 0.15) is 5.72 Å². The minimum Gasteiger partial charge on any atom is -0.548 e. The number of hydrogen-bond donors (Lipinski definition) is 0. The number of aliphatic carboxylic acids is 1. The lowest BCUT2D eigenvalue weighted by atomic mass is 9.96. The number of likely N-dealkylation sites (tertiary alicyclic amines) is 1. The maximum Gasteiger partial charge on any atom is 0.292 e. The van der Waals surface area contributed by atoms with E-state index in [2.05, 4.69) is 0 Å². The van der Waals surface area contributed by atoms with Gasteiger partial charge < -0.3 is 24.0 Å². The first-order valence-electron chi connectivity index (χ1n) is 9.18. The van der Waals surface area contributed by atoms with Gasteiger partial charge in [0.25, 0.3) is 11.8 Å². The van der Waals surface area contributed by atoms with Crippen molar-refractivity contribution in [3.63, 3.8) is 0 Å². The van der Waals surface area contributed by atoms with Crippen LogP contribution in [-0.2, 0) is 9.53 Å². The Kier molecular flexibility index (Phi) is 5.06. The zero-order valence-corrected chi connectivity index (χ0v) is 16.1. The number of carboxylic acids is 1. The molecule has 29 heavy (non-hydrogen) atoms. The summed E-state index contributed by atoms with van der Waals surface area (Å²) in [5, 5.41) is 12.1. The van der Waals surface area contributed by atoms with Gasteiger partial charge in [0, 0.05) is 36.5 Å². The molecular formula is C20H18ClN2O6-. The maximum absolute atomic E-state index is 12.9. The molecule has 4 rings (SSSR count). The lowest BCUT2D eigenvalue weighted by molar-refractivity contribution is -0.310. The topological polar surface area (TPSA) is 103 Å². The Morgan fingerprint density at radius 2 is 1.76 bits per heavy atom. The Balaban J connectivity index is 1.53. The molecule has 2 aliphatic rings. The van der Waals surface area contributed by atoms with Crippen LogP contribution in [0.25, 0.3) is 0 Å². The molecule has 1 aromatic carbocycles. The van der Waals surface area contributed by atoms with Gasteiger partial charge in [0.15, 0.2) is 5.76 Å². The summed E-state index contributed by atoms with van der Waals surface area (Å²) in [7, 11) is 0. The molecule has 2 saturated heterocycles. The zero-order chi connectivity index (χ0) is 20.6. The van der Waals surface area contributed by atoms with Gasteiger partial charge in [0.05, 0.1) is 24.9 Å². The van der Waals surface area contributed by atoms with Gasteiger partial charge in [-0.05, 0) is 36.4 Å². The second-order valence-electron chi connectivity index (χ2n) is 7.04. The predicted octanol–water partition coefficient (Wildman–Crippen LogP) is 1.16. The van der Waals surface area contributed by atoms with Gasteiger partial charge in [0.2, 0.25) is 0 Å². The standard InChI is InChI=1S/C20H19ClN2O6/c21-14-5-3-13(4-6-14)17(24)22-9-7-20(8-10-22)23(15(12-29-20)19(26)27)18(25)16-2-1-11-28-16/h1-6,11,15H,7-10,12H2,(H,26,27)/p-1/t15-/m0/s1. The maximum atomic E-state index is 12.9. The highest BCUT2D eigenvalue weighted by atomic mass is 35.5. The smallest absolute Gasteiger partial charge is 0.292 e. The SMILES string of the molecule is O=C([O-])[C@@H]1COC2(CCN(C(=O)c3ccc(Cl)cc3)CC2)N1C(=O)c1ccco1. The first kappa shape index (κ1) is 19.5. The number of carbonyl (C=O) groups excluding carboxylic acids is 3. The number of benzene rings is 1. The van der Waals surface area contributed by atoms with Crippen molar-refractivity contribution < 1.29 is 28.6 Å². The van der Waals surface area contributed by atoms with Crippen molar-refractivity contribution in [2.75, 3.05) is 19.7 Å². The first-order chi connectivity index (χ1) is 13.9. The highest BCUT2D eigenvalue weighted by Gasteiger charge is 2.53. The van der Waals surface area contributed by atoms with Gasteiger partial charge in [-0.1, -0.05) is 11.6 Å². The predicted molar refractivity (Wildman–Crippen MR) is 98.9 cm³/mol. The van der Waals surface area contributed by atoms with Crippen molar-refractivity contribution in [3.05, 3.63) is 59.0 Å². The molecule has 0 bridgehead atoms. The third-order valence-electron chi connectivity index (χ3n) is 5.41. The molecule has 1 aromatic heterocycles. The van der Waals surface area contributed by atoms with E-state index < -0.39 is 23.6 Å². The van der Waals surface area contributed by atoms with Crippen LogP contribution in [0.3, 0.4) is 0 Å². The molecule has 8 nitrogen and oxygen atoms in total. The van der Waals surface area contributed by atoms with E-state index in [1.165, 1.54) is 17.2 Å². The molecule has 2 amide bonds. The van der Waals surface area contributed by atoms with E-state index >= 15 is 0 Å². The highest BCUT2D eigenvalue weighted by molar-refractivity contribution is 6.30. The third kappa shape index (κ3) is 3.49. The van der Waals surface area contributed by atoms with E-state index in [9.17, 15) is 19.5 Å². The second-order valence-corrected chi connectivity index (χ2v) is 7.48. The number of furan rings is 1.